The zero-order chi connectivity index (χ0) is 13.7. The maximum Gasteiger partial charge on any atom is 0.206 e. The van der Waals surface area contributed by atoms with Crippen LogP contribution in [0, 0.1) is 5.82 Å². The van der Waals surface area contributed by atoms with E-state index in [0.717, 1.165) is 0 Å². The van der Waals surface area contributed by atoms with E-state index in [-0.39, 0.29) is 30.6 Å². The summed E-state index contributed by atoms with van der Waals surface area (Å²) in [5.74, 6) is 0.107. The minimum absolute atomic E-state index is 0.00200. The Hall–Kier alpha value is -1.49. The van der Waals surface area contributed by atoms with E-state index in [0.29, 0.717) is 11.3 Å². The lowest BCUT2D eigenvalue weighted by molar-refractivity contribution is 0.189. The molecule has 0 spiro atoms. The summed E-state index contributed by atoms with van der Waals surface area (Å²) < 4.78 is 29.8. The maximum atomic E-state index is 14.3. The van der Waals surface area contributed by atoms with Gasteiger partial charge < -0.3 is 19.3 Å². The fraction of sp³-hybridized carbons (Fsp3) is 0.538. The molecule has 102 valence electrons. The largest absolute Gasteiger partial charge is 0.493 e. The minimum Gasteiger partial charge on any atom is -0.493 e. The minimum atomic E-state index is -0.476. The van der Waals surface area contributed by atoms with Gasteiger partial charge in [-0.25, -0.2) is 4.39 Å². The third kappa shape index (κ3) is 2.85. The second-order valence-corrected chi connectivity index (χ2v) is 4.07. The molecule has 0 aliphatic heterocycles. The van der Waals surface area contributed by atoms with E-state index in [1.807, 2.05) is 13.8 Å². The quantitative estimate of drug-likeness (QED) is 0.850. The molecule has 0 amide bonds. The van der Waals surface area contributed by atoms with Crippen molar-refractivity contribution in [2.45, 2.75) is 19.8 Å². The van der Waals surface area contributed by atoms with Gasteiger partial charge in [-0.2, -0.15) is 0 Å². The smallest absolute Gasteiger partial charge is 0.206 e. The highest BCUT2D eigenvalue weighted by Crippen LogP contribution is 2.42. The van der Waals surface area contributed by atoms with Gasteiger partial charge in [0.15, 0.2) is 11.6 Å². The molecule has 0 aliphatic carbocycles. The molecule has 0 radical (unpaired) electrons. The second-order valence-electron chi connectivity index (χ2n) is 4.07. The molecule has 0 atom stereocenters. The van der Waals surface area contributed by atoms with E-state index >= 15 is 0 Å². The van der Waals surface area contributed by atoms with Crippen molar-refractivity contribution in [3.8, 4) is 17.2 Å². The van der Waals surface area contributed by atoms with Crippen LogP contribution in [0.2, 0.25) is 0 Å². The lowest BCUT2D eigenvalue weighted by Gasteiger charge is -2.18. The molecule has 0 unspecified atom stereocenters. The highest BCUT2D eigenvalue weighted by molar-refractivity contribution is 5.55. The Morgan fingerprint density at radius 3 is 2.33 bits per heavy atom. The van der Waals surface area contributed by atoms with Gasteiger partial charge in [-0.05, 0) is 17.5 Å². The van der Waals surface area contributed by atoms with Crippen LogP contribution >= 0.6 is 0 Å². The van der Waals surface area contributed by atoms with Gasteiger partial charge in [-0.3, -0.25) is 0 Å². The lowest BCUT2D eigenvalue weighted by Crippen LogP contribution is -2.08. The topological polar surface area (TPSA) is 47.9 Å². The Kier molecular flexibility index (Phi) is 5.22. The van der Waals surface area contributed by atoms with Crippen molar-refractivity contribution in [1.82, 2.24) is 0 Å². The average molecular weight is 258 g/mol. The highest BCUT2D eigenvalue weighted by atomic mass is 19.1. The van der Waals surface area contributed by atoms with Crippen molar-refractivity contribution in [2.24, 2.45) is 0 Å². The number of halogens is 1. The molecule has 1 aromatic carbocycles. The molecule has 0 saturated heterocycles. The summed E-state index contributed by atoms with van der Waals surface area (Å²) in [6, 6.07) is 1.60. The highest BCUT2D eigenvalue weighted by Gasteiger charge is 2.22. The van der Waals surface area contributed by atoms with Crippen molar-refractivity contribution in [3.05, 3.63) is 17.4 Å². The molecule has 0 saturated carbocycles. The standard InChI is InChI=1S/C13H19FO4/c1-8(2)9-7-10(16-3)12(17-4)13(11(9)14)18-6-5-15/h7-8,15H,5-6H2,1-4H3. The predicted molar refractivity (Wildman–Crippen MR) is 66.2 cm³/mol. The van der Waals surface area contributed by atoms with E-state index in [2.05, 4.69) is 0 Å². The van der Waals surface area contributed by atoms with Gasteiger partial charge in [0, 0.05) is 0 Å². The van der Waals surface area contributed by atoms with Crippen LogP contribution in [0.15, 0.2) is 6.07 Å². The summed E-state index contributed by atoms with van der Waals surface area (Å²) in [7, 11) is 2.90. The number of aliphatic hydroxyl groups is 1. The number of hydrogen-bond donors (Lipinski definition) is 1. The molecule has 1 N–H and O–H groups in total. The molecule has 0 aromatic heterocycles. The zero-order valence-electron chi connectivity index (χ0n) is 11.1. The van der Waals surface area contributed by atoms with Crippen LogP contribution in [0.5, 0.6) is 17.2 Å². The van der Waals surface area contributed by atoms with Gasteiger partial charge in [0.05, 0.1) is 20.8 Å². The SMILES string of the molecule is COc1cc(C(C)C)c(F)c(OCCO)c1OC. The first kappa shape index (κ1) is 14.6. The number of hydrogen-bond acceptors (Lipinski definition) is 4. The molecule has 1 aromatic rings. The summed E-state index contributed by atoms with van der Waals surface area (Å²) in [6.07, 6.45) is 0. The van der Waals surface area contributed by atoms with Crippen LogP contribution < -0.4 is 14.2 Å². The summed E-state index contributed by atoms with van der Waals surface area (Å²) >= 11 is 0. The molecule has 0 bridgehead atoms. The van der Waals surface area contributed by atoms with Crippen molar-refractivity contribution in [2.75, 3.05) is 27.4 Å². The fourth-order valence-corrected chi connectivity index (χ4v) is 1.65. The lowest BCUT2D eigenvalue weighted by atomic mass is 10.0. The predicted octanol–water partition coefficient (Wildman–Crippen LogP) is 2.34. The summed E-state index contributed by atoms with van der Waals surface area (Å²) in [6.45, 7) is 3.55. The molecule has 0 aliphatic rings. The monoisotopic (exact) mass is 258 g/mol. The Morgan fingerprint density at radius 1 is 1.22 bits per heavy atom. The van der Waals surface area contributed by atoms with Crippen LogP contribution in [0.1, 0.15) is 25.3 Å². The summed E-state index contributed by atoms with van der Waals surface area (Å²) in [5, 5.41) is 8.77. The molecular formula is C13H19FO4. The molecule has 0 fully saturated rings. The van der Waals surface area contributed by atoms with Gasteiger partial charge in [-0.1, -0.05) is 13.8 Å². The number of benzene rings is 1. The number of rotatable bonds is 6. The van der Waals surface area contributed by atoms with E-state index in [1.54, 1.807) is 6.07 Å². The number of aliphatic hydroxyl groups excluding tert-OH is 1. The Labute approximate surface area is 106 Å². The second kappa shape index (κ2) is 6.44. The molecular weight excluding hydrogens is 239 g/mol. The van der Waals surface area contributed by atoms with Crippen molar-refractivity contribution in [3.63, 3.8) is 0 Å². The van der Waals surface area contributed by atoms with Crippen molar-refractivity contribution >= 4 is 0 Å². The molecule has 5 heteroatoms. The number of ether oxygens (including phenoxy) is 3. The molecule has 0 heterocycles. The average Bonchev–Trinajstić information content (AvgIpc) is 2.36. The Balaban J connectivity index is 3.36. The normalized spacial score (nSPS) is 10.6. The Morgan fingerprint density at radius 2 is 1.89 bits per heavy atom. The molecule has 1 rings (SSSR count). The zero-order valence-corrected chi connectivity index (χ0v) is 11.1. The van der Waals surface area contributed by atoms with E-state index in [9.17, 15) is 4.39 Å². The van der Waals surface area contributed by atoms with Gasteiger partial charge in [-0.15, -0.1) is 0 Å². The molecule has 4 nitrogen and oxygen atoms in total. The van der Waals surface area contributed by atoms with Crippen LogP contribution in [0.25, 0.3) is 0 Å². The van der Waals surface area contributed by atoms with Gasteiger partial charge in [0.25, 0.3) is 0 Å². The van der Waals surface area contributed by atoms with Gasteiger partial charge in [0.1, 0.15) is 6.61 Å². The van der Waals surface area contributed by atoms with Crippen molar-refractivity contribution in [1.29, 1.82) is 0 Å². The third-order valence-electron chi connectivity index (χ3n) is 2.55. The maximum absolute atomic E-state index is 14.3. The van der Waals surface area contributed by atoms with E-state index in [1.165, 1.54) is 14.2 Å². The molecule has 18 heavy (non-hydrogen) atoms. The first-order valence-corrected chi connectivity index (χ1v) is 5.74. The third-order valence-corrected chi connectivity index (χ3v) is 2.55. The Bertz CT molecular complexity index is 404. The van der Waals surface area contributed by atoms with Crippen LogP contribution in [-0.2, 0) is 0 Å². The first-order chi connectivity index (χ1) is 8.56. The summed E-state index contributed by atoms with van der Waals surface area (Å²) in [4.78, 5) is 0. The first-order valence-electron chi connectivity index (χ1n) is 5.74. The van der Waals surface area contributed by atoms with Crippen LogP contribution in [0.3, 0.4) is 0 Å². The van der Waals surface area contributed by atoms with E-state index in [4.69, 9.17) is 19.3 Å². The van der Waals surface area contributed by atoms with E-state index < -0.39 is 5.82 Å². The van der Waals surface area contributed by atoms with Crippen LogP contribution in [-0.4, -0.2) is 32.5 Å². The van der Waals surface area contributed by atoms with Gasteiger partial charge in [0.2, 0.25) is 11.5 Å². The van der Waals surface area contributed by atoms with Gasteiger partial charge >= 0.3 is 0 Å². The number of methoxy groups -OCH3 is 2. The fourth-order valence-electron chi connectivity index (χ4n) is 1.65. The summed E-state index contributed by atoms with van der Waals surface area (Å²) in [5.41, 5.74) is 0.487. The van der Waals surface area contributed by atoms with Crippen molar-refractivity contribution < 1.29 is 23.7 Å². The van der Waals surface area contributed by atoms with Crippen LogP contribution in [0.4, 0.5) is 4.39 Å².